The Morgan fingerprint density at radius 2 is 1.97 bits per heavy atom. The minimum Gasteiger partial charge on any atom is -0.395 e. The zero-order chi connectivity index (χ0) is 26.3. The van der Waals surface area contributed by atoms with Gasteiger partial charge in [-0.05, 0) is 42.3 Å². The zero-order valence-corrected chi connectivity index (χ0v) is 19.7. The van der Waals surface area contributed by atoms with Crippen LogP contribution in [-0.4, -0.2) is 46.7 Å². The van der Waals surface area contributed by atoms with Crippen molar-refractivity contribution in [2.75, 3.05) is 25.4 Å². The molecular formula is C25H23F4N5O3. The van der Waals surface area contributed by atoms with Gasteiger partial charge in [0, 0.05) is 30.9 Å². The number of nitrogens with zero attached hydrogens (tertiary/aromatic N) is 3. The summed E-state index contributed by atoms with van der Waals surface area (Å²) in [5, 5.41) is 3.27. The van der Waals surface area contributed by atoms with Crippen molar-refractivity contribution in [1.82, 2.24) is 20.2 Å². The number of fused-ring (bicyclic) bond motifs is 2. The van der Waals surface area contributed by atoms with Crippen LogP contribution in [0.1, 0.15) is 37.2 Å². The molecule has 0 fully saturated rings. The van der Waals surface area contributed by atoms with Gasteiger partial charge in [0.2, 0.25) is 11.7 Å². The molecule has 5 rings (SSSR count). The van der Waals surface area contributed by atoms with Gasteiger partial charge < -0.3 is 25.4 Å². The third kappa shape index (κ3) is 4.88. The van der Waals surface area contributed by atoms with Gasteiger partial charge in [0.1, 0.15) is 17.2 Å². The second-order valence-electron chi connectivity index (χ2n) is 8.70. The van der Waals surface area contributed by atoms with Crippen molar-refractivity contribution >= 4 is 28.2 Å². The number of nitrogens with two attached hydrogens (primary N) is 1. The third-order valence-corrected chi connectivity index (χ3v) is 6.28. The maximum Gasteiger partial charge on any atom is 0.586 e. The number of rotatable bonds is 6. The average Bonchev–Trinajstić information content (AvgIpc) is 3.19. The summed E-state index contributed by atoms with van der Waals surface area (Å²) < 4.78 is 63.7. The highest BCUT2D eigenvalue weighted by Gasteiger charge is 2.46. The molecule has 0 unspecified atom stereocenters. The quantitative estimate of drug-likeness (QED) is 0.473. The number of amides is 1. The molecule has 2 aliphatic heterocycles. The summed E-state index contributed by atoms with van der Waals surface area (Å²) in [6.07, 6.45) is -1.68. The summed E-state index contributed by atoms with van der Waals surface area (Å²) in [4.78, 5) is 23.1. The van der Waals surface area contributed by atoms with Gasteiger partial charge in [-0.1, -0.05) is 25.1 Å². The highest BCUT2D eigenvalue weighted by molar-refractivity contribution is 5.92. The highest BCUT2D eigenvalue weighted by Crippen LogP contribution is 2.46. The summed E-state index contributed by atoms with van der Waals surface area (Å²) in [6.45, 7) is 3.19. The average molecular weight is 517 g/mol. The predicted octanol–water partition coefficient (Wildman–Crippen LogP) is 4.17. The van der Waals surface area contributed by atoms with Gasteiger partial charge in [-0.3, -0.25) is 4.79 Å². The third-order valence-electron chi connectivity index (χ3n) is 6.28. The van der Waals surface area contributed by atoms with Gasteiger partial charge in [-0.2, -0.15) is 0 Å². The number of nitrogen functional groups attached to an aromatic ring is 1. The molecule has 1 amide bonds. The van der Waals surface area contributed by atoms with E-state index >= 15 is 0 Å². The highest BCUT2D eigenvalue weighted by atomic mass is 19.3. The lowest BCUT2D eigenvalue weighted by Gasteiger charge is -2.28. The lowest BCUT2D eigenvalue weighted by atomic mass is 10.0. The summed E-state index contributed by atoms with van der Waals surface area (Å²) in [7, 11) is 0. The number of hydrogen-bond acceptors (Lipinski definition) is 7. The molecule has 2 aromatic carbocycles. The lowest BCUT2D eigenvalue weighted by molar-refractivity contribution is -0.287. The summed E-state index contributed by atoms with van der Waals surface area (Å²) >= 11 is 0. The molecule has 0 aliphatic carbocycles. The largest absolute Gasteiger partial charge is 0.586 e. The minimum absolute atomic E-state index is 0.0183. The van der Waals surface area contributed by atoms with Gasteiger partial charge in [0.25, 0.3) is 0 Å². The van der Waals surface area contributed by atoms with Crippen LogP contribution < -0.4 is 20.5 Å². The smallest absolute Gasteiger partial charge is 0.395 e. The van der Waals surface area contributed by atoms with E-state index < -0.39 is 23.6 Å². The Morgan fingerprint density at radius 3 is 2.65 bits per heavy atom. The first kappa shape index (κ1) is 24.8. The van der Waals surface area contributed by atoms with Crippen LogP contribution in [0.2, 0.25) is 0 Å². The fraction of sp³-hybridized carbons (Fsp3) is 0.320. The molecular weight excluding hydrogens is 494 g/mol. The number of hydrogen-bond donors (Lipinski definition) is 2. The fourth-order valence-electron chi connectivity index (χ4n) is 4.44. The summed E-state index contributed by atoms with van der Waals surface area (Å²) in [6, 6.07) is 6.87. The van der Waals surface area contributed by atoms with E-state index in [4.69, 9.17) is 5.73 Å². The van der Waals surface area contributed by atoms with E-state index in [2.05, 4.69) is 24.8 Å². The Bertz CT molecular complexity index is 1400. The van der Waals surface area contributed by atoms with E-state index in [0.717, 1.165) is 11.6 Å². The molecule has 3 aromatic rings. The molecule has 3 N–H and O–H groups in total. The fourth-order valence-corrected chi connectivity index (χ4v) is 4.44. The van der Waals surface area contributed by atoms with Crippen molar-refractivity contribution < 1.29 is 31.8 Å². The van der Waals surface area contributed by atoms with Gasteiger partial charge in [-0.25, -0.2) is 18.7 Å². The van der Waals surface area contributed by atoms with Gasteiger partial charge >= 0.3 is 6.29 Å². The number of halogens is 4. The number of alkyl halides is 2. The van der Waals surface area contributed by atoms with Crippen LogP contribution in [-0.2, 0) is 4.79 Å². The molecule has 1 atom stereocenters. The zero-order valence-electron chi connectivity index (χ0n) is 19.7. The molecule has 8 nitrogen and oxygen atoms in total. The monoisotopic (exact) mass is 517 g/mol. The topological polar surface area (TPSA) is 103 Å². The van der Waals surface area contributed by atoms with Gasteiger partial charge in [0.15, 0.2) is 17.4 Å². The van der Waals surface area contributed by atoms with Crippen LogP contribution >= 0.6 is 0 Å². The lowest BCUT2D eigenvalue weighted by Crippen LogP contribution is -2.37. The molecule has 0 saturated heterocycles. The molecule has 0 bridgehead atoms. The van der Waals surface area contributed by atoms with Gasteiger partial charge in [0.05, 0.1) is 0 Å². The van der Waals surface area contributed by atoms with Crippen LogP contribution in [0.5, 0.6) is 11.5 Å². The standard InChI is InChI=1S/C25H23F4N5O3/c1-2-31-17(13-3-5-15(26)6-4-13)12-19(35)34-9-7-14(8-10-34)24-32-21-16(23(30)33-24)11-18-22(20(21)27)37-25(28,29)36-18/h3-7,11,17,31H,2,8-10,12H2,1H3,(H2,30,32,33)/t17-/m1/s1. The van der Waals surface area contributed by atoms with Crippen molar-refractivity contribution in [3.8, 4) is 11.5 Å². The van der Waals surface area contributed by atoms with E-state index in [1.54, 1.807) is 23.1 Å². The number of anilines is 1. The number of nitrogens with one attached hydrogen (secondary N) is 1. The number of carbonyl (C=O) groups is 1. The molecule has 194 valence electrons. The summed E-state index contributed by atoms with van der Waals surface area (Å²) in [5.41, 5.74) is 7.18. The predicted molar refractivity (Wildman–Crippen MR) is 127 cm³/mol. The molecule has 37 heavy (non-hydrogen) atoms. The van der Waals surface area contributed by atoms with E-state index in [9.17, 15) is 22.4 Å². The van der Waals surface area contributed by atoms with Crippen LogP contribution in [0.3, 0.4) is 0 Å². The summed E-state index contributed by atoms with van der Waals surface area (Å²) in [5.74, 6) is -2.76. The van der Waals surface area contributed by atoms with Crippen molar-refractivity contribution in [3.05, 3.63) is 59.4 Å². The van der Waals surface area contributed by atoms with Crippen LogP contribution in [0.15, 0.2) is 36.4 Å². The number of aromatic nitrogens is 2. The van der Waals surface area contributed by atoms with Crippen LogP contribution in [0.4, 0.5) is 23.4 Å². The maximum atomic E-state index is 15.0. The first-order valence-corrected chi connectivity index (χ1v) is 11.7. The Labute approximate surface area is 209 Å². The number of carbonyl (C=O) groups excluding carboxylic acids is 1. The Balaban J connectivity index is 1.34. The molecule has 1 aromatic heterocycles. The van der Waals surface area contributed by atoms with Crippen LogP contribution in [0, 0.1) is 11.6 Å². The molecule has 0 radical (unpaired) electrons. The van der Waals surface area contributed by atoms with Crippen molar-refractivity contribution in [2.24, 2.45) is 0 Å². The van der Waals surface area contributed by atoms with Crippen molar-refractivity contribution in [3.63, 3.8) is 0 Å². The van der Waals surface area contributed by atoms with Crippen molar-refractivity contribution in [2.45, 2.75) is 32.1 Å². The van der Waals surface area contributed by atoms with Crippen molar-refractivity contribution in [1.29, 1.82) is 0 Å². The second-order valence-corrected chi connectivity index (χ2v) is 8.70. The molecule has 0 saturated carbocycles. The minimum atomic E-state index is -3.99. The first-order chi connectivity index (χ1) is 17.6. The van der Waals surface area contributed by atoms with Crippen LogP contribution in [0.25, 0.3) is 16.5 Å². The second kappa shape index (κ2) is 9.51. The molecule has 3 heterocycles. The molecule has 0 spiro atoms. The molecule has 12 heteroatoms. The Hall–Kier alpha value is -3.93. The normalized spacial score (nSPS) is 17.1. The maximum absolute atomic E-state index is 15.0. The van der Waals surface area contributed by atoms with E-state index in [-0.39, 0.29) is 53.3 Å². The molecule has 2 aliphatic rings. The first-order valence-electron chi connectivity index (χ1n) is 11.7. The van der Waals surface area contributed by atoms with Gasteiger partial charge in [-0.15, -0.1) is 8.78 Å². The number of ether oxygens (including phenoxy) is 2. The van der Waals surface area contributed by atoms with E-state index in [1.165, 1.54) is 12.1 Å². The Morgan fingerprint density at radius 1 is 1.22 bits per heavy atom. The SMILES string of the molecule is CCN[C@H](CC(=O)N1CC=C(c2nc(N)c3cc4c(c(F)c3n2)OC(F)(F)O4)CC1)c1ccc(F)cc1. The Kier molecular flexibility index (Phi) is 6.36. The number of benzene rings is 2. The van der Waals surface area contributed by atoms with E-state index in [1.807, 2.05) is 6.92 Å². The van der Waals surface area contributed by atoms with E-state index in [0.29, 0.717) is 25.1 Å².